The molecule has 1 aliphatic heterocycles. The zero-order chi connectivity index (χ0) is 17.7. The molecule has 1 saturated heterocycles. The Morgan fingerprint density at radius 1 is 1.33 bits per heavy atom. The van der Waals surface area contributed by atoms with Gasteiger partial charge in [0.15, 0.2) is 0 Å². The molecule has 2 rings (SSSR count). The maximum Gasteiger partial charge on any atom is 0.295 e. The highest BCUT2D eigenvalue weighted by atomic mass is 16.5. The van der Waals surface area contributed by atoms with E-state index < -0.39 is 0 Å². The quantitative estimate of drug-likeness (QED) is 0.631. The van der Waals surface area contributed by atoms with E-state index in [0.29, 0.717) is 17.6 Å². The molecule has 0 atom stereocenters. The van der Waals surface area contributed by atoms with Crippen molar-refractivity contribution < 1.29 is 9.53 Å². The number of piperidine rings is 1. The van der Waals surface area contributed by atoms with Crippen molar-refractivity contribution in [3.05, 3.63) is 35.4 Å². The van der Waals surface area contributed by atoms with Crippen molar-refractivity contribution in [1.82, 2.24) is 9.80 Å². The lowest BCUT2D eigenvalue weighted by Gasteiger charge is -2.36. The summed E-state index contributed by atoms with van der Waals surface area (Å²) in [6, 6.07) is 8.27. The zero-order valence-electron chi connectivity index (χ0n) is 15.5. The second-order valence-corrected chi connectivity index (χ2v) is 6.88. The van der Waals surface area contributed by atoms with Crippen LogP contribution in [0.1, 0.15) is 42.6 Å². The van der Waals surface area contributed by atoms with E-state index in [9.17, 15) is 4.79 Å². The molecule has 0 saturated carbocycles. The number of carbonyl (C=O) groups excluding carboxylic acids is 1. The number of likely N-dealkylation sites (tertiary alicyclic amines) is 1. The first kappa shape index (κ1) is 18.5. The third-order valence-electron chi connectivity index (χ3n) is 4.34. The molecule has 5 nitrogen and oxygen atoms in total. The molecule has 132 valence electrons. The first-order valence-corrected chi connectivity index (χ1v) is 8.64. The van der Waals surface area contributed by atoms with Gasteiger partial charge < -0.3 is 14.5 Å². The third-order valence-corrected chi connectivity index (χ3v) is 4.34. The molecule has 1 amide bonds. The van der Waals surface area contributed by atoms with Crippen LogP contribution in [0.3, 0.4) is 0 Å². The van der Waals surface area contributed by atoms with E-state index in [1.165, 1.54) is 0 Å². The maximum atomic E-state index is 12.5. The minimum absolute atomic E-state index is 0.0252. The van der Waals surface area contributed by atoms with Crippen molar-refractivity contribution in [2.45, 2.75) is 45.8 Å². The minimum Gasteiger partial charge on any atom is -0.462 e. The summed E-state index contributed by atoms with van der Waals surface area (Å²) in [7, 11) is 4.11. The Morgan fingerprint density at radius 2 is 2.00 bits per heavy atom. The molecule has 0 unspecified atom stereocenters. The van der Waals surface area contributed by atoms with Crippen LogP contribution in [0.4, 0.5) is 0 Å². The van der Waals surface area contributed by atoms with Gasteiger partial charge in [-0.1, -0.05) is 17.7 Å². The Balaban J connectivity index is 2.18. The fourth-order valence-corrected chi connectivity index (χ4v) is 2.87. The second kappa shape index (κ2) is 8.29. The van der Waals surface area contributed by atoms with Gasteiger partial charge in [-0.25, -0.2) is 0 Å². The lowest BCUT2D eigenvalue weighted by molar-refractivity contribution is 0.0979. The number of amidine groups is 1. The van der Waals surface area contributed by atoms with Crippen molar-refractivity contribution in [3.63, 3.8) is 0 Å². The molecule has 1 aliphatic rings. The molecule has 1 aromatic carbocycles. The fourth-order valence-electron chi connectivity index (χ4n) is 2.87. The van der Waals surface area contributed by atoms with Gasteiger partial charge in [0.1, 0.15) is 0 Å². The summed E-state index contributed by atoms with van der Waals surface area (Å²) in [5, 5.41) is 0. The Kier molecular flexibility index (Phi) is 6.37. The van der Waals surface area contributed by atoms with Crippen LogP contribution in [-0.4, -0.2) is 61.1 Å². The average Bonchev–Trinajstić information content (AvgIpc) is 2.54. The third kappa shape index (κ3) is 5.06. The van der Waals surface area contributed by atoms with Gasteiger partial charge >= 0.3 is 0 Å². The summed E-state index contributed by atoms with van der Waals surface area (Å²) in [6.45, 7) is 7.98. The normalized spacial score (nSPS) is 17.2. The topological polar surface area (TPSA) is 45.1 Å². The summed E-state index contributed by atoms with van der Waals surface area (Å²) in [5.74, 6) is -0.255. The molecule has 1 heterocycles. The van der Waals surface area contributed by atoms with Gasteiger partial charge in [0.2, 0.25) is 0 Å². The standard InChI is InChI=1S/C19H29N3O2/c1-14(2)24-19(22(5)17-9-11-21(4)12-10-17)20-18(23)16-8-6-7-15(3)13-16/h6-8,13-14,17H,9-12H2,1-5H3. The number of ether oxygens (including phenoxy) is 1. The number of amides is 1. The number of aryl methyl sites for hydroxylation is 1. The van der Waals surface area contributed by atoms with Crippen LogP contribution >= 0.6 is 0 Å². The van der Waals surface area contributed by atoms with E-state index in [2.05, 4.69) is 16.9 Å². The first-order valence-electron chi connectivity index (χ1n) is 8.64. The van der Waals surface area contributed by atoms with Crippen LogP contribution < -0.4 is 0 Å². The van der Waals surface area contributed by atoms with E-state index in [1.807, 2.05) is 50.9 Å². The van der Waals surface area contributed by atoms with Crippen LogP contribution in [0.5, 0.6) is 0 Å². The van der Waals surface area contributed by atoms with Gasteiger partial charge in [0.25, 0.3) is 11.9 Å². The molecule has 0 aliphatic carbocycles. The zero-order valence-corrected chi connectivity index (χ0v) is 15.5. The summed E-state index contributed by atoms with van der Waals surface area (Å²) in [4.78, 5) is 21.2. The SMILES string of the molecule is Cc1cccc(C(=O)N=C(OC(C)C)N(C)C2CCN(C)CC2)c1. The maximum absolute atomic E-state index is 12.5. The number of hydrogen-bond donors (Lipinski definition) is 0. The largest absolute Gasteiger partial charge is 0.462 e. The highest BCUT2D eigenvalue weighted by molar-refractivity contribution is 6.01. The summed E-state index contributed by atoms with van der Waals surface area (Å²) in [5.41, 5.74) is 1.64. The van der Waals surface area contributed by atoms with Gasteiger partial charge in [0, 0.05) is 18.7 Å². The number of nitrogens with zero attached hydrogens (tertiary/aromatic N) is 3. The predicted molar refractivity (Wildman–Crippen MR) is 97.4 cm³/mol. The number of rotatable bonds is 3. The summed E-state index contributed by atoms with van der Waals surface area (Å²) >= 11 is 0. The van der Waals surface area contributed by atoms with Crippen LogP contribution in [0.25, 0.3) is 0 Å². The molecule has 0 aromatic heterocycles. The monoisotopic (exact) mass is 331 g/mol. The molecule has 0 N–H and O–H groups in total. The smallest absolute Gasteiger partial charge is 0.295 e. The van der Waals surface area contributed by atoms with E-state index in [0.717, 1.165) is 31.5 Å². The van der Waals surface area contributed by atoms with Gasteiger partial charge in [-0.15, -0.1) is 0 Å². The van der Waals surface area contributed by atoms with Crippen LogP contribution in [-0.2, 0) is 4.74 Å². The molecule has 24 heavy (non-hydrogen) atoms. The average molecular weight is 331 g/mol. The molecule has 1 fully saturated rings. The molecule has 0 spiro atoms. The van der Waals surface area contributed by atoms with Gasteiger partial charge in [0.05, 0.1) is 6.10 Å². The van der Waals surface area contributed by atoms with Crippen molar-refractivity contribution in [1.29, 1.82) is 0 Å². The van der Waals surface area contributed by atoms with Crippen molar-refractivity contribution in [3.8, 4) is 0 Å². The van der Waals surface area contributed by atoms with Gasteiger partial charge in [-0.05, 0) is 65.9 Å². The lowest BCUT2D eigenvalue weighted by Crippen LogP contribution is -2.46. The molecule has 0 bridgehead atoms. The molecule has 1 aromatic rings. The number of aliphatic imine (C=N–C) groups is 1. The fraction of sp³-hybridized carbons (Fsp3) is 0.579. The highest BCUT2D eigenvalue weighted by Crippen LogP contribution is 2.16. The van der Waals surface area contributed by atoms with Crippen molar-refractivity contribution in [2.75, 3.05) is 27.2 Å². The molecule has 5 heteroatoms. The first-order chi connectivity index (χ1) is 11.4. The van der Waals surface area contributed by atoms with Crippen LogP contribution in [0.2, 0.25) is 0 Å². The minimum atomic E-state index is -0.255. The lowest BCUT2D eigenvalue weighted by atomic mass is 10.0. The van der Waals surface area contributed by atoms with E-state index in [4.69, 9.17) is 4.74 Å². The van der Waals surface area contributed by atoms with Crippen molar-refractivity contribution in [2.24, 2.45) is 4.99 Å². The van der Waals surface area contributed by atoms with E-state index in [-0.39, 0.29) is 12.0 Å². The summed E-state index contributed by atoms with van der Waals surface area (Å²) in [6.07, 6.45) is 2.07. The molecular weight excluding hydrogens is 302 g/mol. The number of benzene rings is 1. The number of hydrogen-bond acceptors (Lipinski definition) is 3. The predicted octanol–water partition coefficient (Wildman–Crippen LogP) is 2.94. The molecular formula is C19H29N3O2. The summed E-state index contributed by atoms with van der Waals surface area (Å²) < 4.78 is 5.86. The molecule has 0 radical (unpaired) electrons. The second-order valence-electron chi connectivity index (χ2n) is 6.88. The number of carbonyl (C=O) groups is 1. The Hall–Kier alpha value is -1.88. The van der Waals surface area contributed by atoms with Gasteiger partial charge in [-0.2, -0.15) is 4.99 Å². The Morgan fingerprint density at radius 3 is 2.58 bits per heavy atom. The Bertz CT molecular complexity index is 590. The highest BCUT2D eigenvalue weighted by Gasteiger charge is 2.25. The van der Waals surface area contributed by atoms with Crippen LogP contribution in [0.15, 0.2) is 29.3 Å². The van der Waals surface area contributed by atoms with E-state index >= 15 is 0 Å². The van der Waals surface area contributed by atoms with Crippen LogP contribution in [0, 0.1) is 6.92 Å². The van der Waals surface area contributed by atoms with Crippen molar-refractivity contribution >= 4 is 11.9 Å². The Labute approximate surface area is 145 Å². The van der Waals surface area contributed by atoms with E-state index in [1.54, 1.807) is 6.07 Å². The van der Waals surface area contributed by atoms with Gasteiger partial charge in [-0.3, -0.25) is 4.79 Å².